The number of aliphatic hydroxyl groups is 2. The summed E-state index contributed by atoms with van der Waals surface area (Å²) in [5, 5.41) is 18.8. The molecule has 0 saturated carbocycles. The Morgan fingerprint density at radius 1 is 1.33 bits per heavy atom. The van der Waals surface area contributed by atoms with Crippen molar-refractivity contribution in [3.63, 3.8) is 0 Å². The van der Waals surface area contributed by atoms with Crippen LogP contribution < -0.4 is 0 Å². The Morgan fingerprint density at radius 3 is 2.67 bits per heavy atom. The fraction of sp³-hybridized carbons (Fsp3) is 0.800. The zero-order valence-corrected chi connectivity index (χ0v) is 8.68. The predicted molar refractivity (Wildman–Crippen MR) is 51.0 cm³/mol. The van der Waals surface area contributed by atoms with Crippen LogP contribution in [0.2, 0.25) is 0 Å². The van der Waals surface area contributed by atoms with Crippen molar-refractivity contribution < 1.29 is 24.5 Å². The van der Waals surface area contributed by atoms with Gasteiger partial charge < -0.3 is 14.9 Å². The second kappa shape index (κ2) is 5.23. The maximum Gasteiger partial charge on any atom is 0.308 e. The van der Waals surface area contributed by atoms with Gasteiger partial charge in [-0.2, -0.15) is 0 Å². The minimum absolute atomic E-state index is 0.0896. The Labute approximate surface area is 88.0 Å². The first kappa shape index (κ1) is 12.1. The summed E-state index contributed by atoms with van der Waals surface area (Å²) in [6.45, 7) is 1.61. The Bertz CT molecular complexity index is 250. The van der Waals surface area contributed by atoms with Gasteiger partial charge in [0.25, 0.3) is 0 Å². The number of ketones is 1. The van der Waals surface area contributed by atoms with Crippen LogP contribution in [0.25, 0.3) is 0 Å². The summed E-state index contributed by atoms with van der Waals surface area (Å²) < 4.78 is 4.90. The lowest BCUT2D eigenvalue weighted by atomic mass is 10.0. The van der Waals surface area contributed by atoms with Gasteiger partial charge in [0.15, 0.2) is 5.78 Å². The number of carbonyl (C=O) groups is 2. The van der Waals surface area contributed by atoms with Crippen LogP contribution >= 0.6 is 0 Å². The zero-order valence-electron chi connectivity index (χ0n) is 8.68. The fourth-order valence-electron chi connectivity index (χ4n) is 1.54. The molecule has 3 atom stereocenters. The van der Waals surface area contributed by atoms with Crippen LogP contribution in [0, 0.1) is 0 Å². The molecule has 0 radical (unpaired) electrons. The molecule has 1 heterocycles. The van der Waals surface area contributed by atoms with Crippen molar-refractivity contribution in [1.82, 2.24) is 0 Å². The van der Waals surface area contributed by atoms with E-state index in [4.69, 9.17) is 4.74 Å². The highest BCUT2D eigenvalue weighted by Crippen LogP contribution is 2.13. The third-order valence-electron chi connectivity index (χ3n) is 2.39. The Balaban J connectivity index is 2.63. The van der Waals surface area contributed by atoms with E-state index < -0.39 is 24.3 Å². The van der Waals surface area contributed by atoms with Gasteiger partial charge in [-0.15, -0.1) is 0 Å². The molecule has 1 fully saturated rings. The number of hydrogen-bond donors (Lipinski definition) is 2. The molecule has 1 aliphatic rings. The van der Waals surface area contributed by atoms with Crippen molar-refractivity contribution in [2.75, 3.05) is 0 Å². The van der Waals surface area contributed by atoms with Crippen molar-refractivity contribution in [2.24, 2.45) is 0 Å². The lowest BCUT2D eigenvalue weighted by molar-refractivity contribution is -0.154. The summed E-state index contributed by atoms with van der Waals surface area (Å²) in [4.78, 5) is 22.5. The average molecular weight is 216 g/mol. The fourth-order valence-corrected chi connectivity index (χ4v) is 1.54. The highest BCUT2D eigenvalue weighted by molar-refractivity contribution is 5.83. The predicted octanol–water partition coefficient (Wildman–Crippen LogP) is -0.217. The highest BCUT2D eigenvalue weighted by atomic mass is 16.5. The van der Waals surface area contributed by atoms with Crippen molar-refractivity contribution in [1.29, 1.82) is 0 Å². The number of aliphatic hydroxyl groups excluding tert-OH is 2. The summed E-state index contributed by atoms with van der Waals surface area (Å²) in [5.74, 6) is -0.796. The quantitative estimate of drug-likeness (QED) is 0.547. The molecular weight excluding hydrogens is 200 g/mol. The van der Waals surface area contributed by atoms with Gasteiger partial charge in [-0.25, -0.2) is 0 Å². The topological polar surface area (TPSA) is 83.8 Å². The second-order valence-corrected chi connectivity index (χ2v) is 3.91. The monoisotopic (exact) mass is 216 g/mol. The summed E-state index contributed by atoms with van der Waals surface area (Å²) in [7, 11) is 0. The van der Waals surface area contributed by atoms with Gasteiger partial charge >= 0.3 is 5.97 Å². The molecule has 15 heavy (non-hydrogen) atoms. The van der Waals surface area contributed by atoms with Crippen molar-refractivity contribution in [3.05, 3.63) is 0 Å². The molecule has 0 bridgehead atoms. The van der Waals surface area contributed by atoms with E-state index in [1.54, 1.807) is 6.92 Å². The van der Waals surface area contributed by atoms with E-state index in [9.17, 15) is 19.8 Å². The van der Waals surface area contributed by atoms with Crippen molar-refractivity contribution >= 4 is 11.8 Å². The van der Waals surface area contributed by atoms with E-state index >= 15 is 0 Å². The third-order valence-corrected chi connectivity index (χ3v) is 2.39. The number of cyclic esters (lactones) is 1. The molecule has 0 unspecified atom stereocenters. The molecule has 0 spiro atoms. The number of Topliss-reactive ketones (excluding diaryl/α,β-unsaturated/α-hetero) is 1. The van der Waals surface area contributed by atoms with Crippen LogP contribution in [0.5, 0.6) is 0 Å². The highest BCUT2D eigenvalue weighted by Gasteiger charge is 2.24. The SMILES string of the molecule is C[C@@H]1C[C@H](O)C(=O)CC[C@H](O)CC(=O)O1. The maximum absolute atomic E-state index is 11.3. The average Bonchev–Trinajstić information content (AvgIpc) is 2.12. The van der Waals surface area contributed by atoms with Crippen LogP contribution in [0.3, 0.4) is 0 Å². The standard InChI is InChI=1S/C10H16O5/c1-6-4-9(13)8(12)3-2-7(11)5-10(14)15-6/h6-7,9,11,13H,2-5H2,1H3/t6-,7+,9+/m1/s1. The molecular formula is C10H16O5. The molecule has 5 heteroatoms. The molecule has 0 amide bonds. The molecule has 1 rings (SSSR count). The van der Waals surface area contributed by atoms with E-state index in [1.165, 1.54) is 0 Å². The lowest BCUT2D eigenvalue weighted by Crippen LogP contribution is -2.31. The minimum Gasteiger partial charge on any atom is -0.462 e. The van der Waals surface area contributed by atoms with E-state index in [0.717, 1.165) is 0 Å². The molecule has 1 aliphatic heterocycles. The molecule has 0 aliphatic carbocycles. The van der Waals surface area contributed by atoms with Crippen LogP contribution in [-0.4, -0.2) is 40.3 Å². The molecule has 0 aromatic heterocycles. The van der Waals surface area contributed by atoms with Gasteiger partial charge in [0.2, 0.25) is 0 Å². The molecule has 0 aromatic carbocycles. The smallest absolute Gasteiger partial charge is 0.308 e. The van der Waals surface area contributed by atoms with Crippen molar-refractivity contribution in [3.8, 4) is 0 Å². The Hall–Kier alpha value is -0.940. The normalized spacial score (nSPS) is 34.7. The van der Waals surface area contributed by atoms with Gasteiger partial charge in [-0.05, 0) is 13.3 Å². The number of esters is 1. The van der Waals surface area contributed by atoms with Crippen molar-refractivity contribution in [2.45, 2.75) is 50.9 Å². The molecule has 86 valence electrons. The molecule has 1 saturated heterocycles. The molecule has 5 nitrogen and oxygen atoms in total. The van der Waals surface area contributed by atoms with Gasteiger partial charge in [-0.3, -0.25) is 9.59 Å². The first-order chi connectivity index (χ1) is 6.99. The number of carbonyl (C=O) groups excluding carboxylic acids is 2. The van der Waals surface area contributed by atoms with Crippen LogP contribution in [-0.2, 0) is 14.3 Å². The first-order valence-corrected chi connectivity index (χ1v) is 5.07. The third kappa shape index (κ3) is 3.97. The summed E-state index contributed by atoms with van der Waals surface area (Å²) in [6, 6.07) is 0. The van der Waals surface area contributed by atoms with E-state index in [-0.39, 0.29) is 31.5 Å². The summed E-state index contributed by atoms with van der Waals surface area (Å²) in [6.07, 6.45) is -2.13. The van der Waals surface area contributed by atoms with Gasteiger partial charge in [0, 0.05) is 12.8 Å². The largest absolute Gasteiger partial charge is 0.462 e. The van der Waals surface area contributed by atoms with Gasteiger partial charge in [0.1, 0.15) is 12.2 Å². The van der Waals surface area contributed by atoms with Crippen LogP contribution in [0.4, 0.5) is 0 Å². The number of hydrogen-bond acceptors (Lipinski definition) is 5. The summed E-state index contributed by atoms with van der Waals surface area (Å²) >= 11 is 0. The Morgan fingerprint density at radius 2 is 2.00 bits per heavy atom. The lowest BCUT2D eigenvalue weighted by Gasteiger charge is -2.20. The second-order valence-electron chi connectivity index (χ2n) is 3.91. The van der Waals surface area contributed by atoms with Gasteiger partial charge in [0.05, 0.1) is 12.5 Å². The summed E-state index contributed by atoms with van der Waals surface area (Å²) in [5.41, 5.74) is 0. The van der Waals surface area contributed by atoms with Gasteiger partial charge in [-0.1, -0.05) is 0 Å². The number of rotatable bonds is 0. The number of ether oxygens (including phenoxy) is 1. The molecule has 0 aromatic rings. The first-order valence-electron chi connectivity index (χ1n) is 5.07. The van der Waals surface area contributed by atoms with Crippen LogP contribution in [0.1, 0.15) is 32.6 Å². The Kier molecular flexibility index (Phi) is 4.23. The van der Waals surface area contributed by atoms with E-state index in [1.807, 2.05) is 0 Å². The van der Waals surface area contributed by atoms with Crippen LogP contribution in [0.15, 0.2) is 0 Å². The molecule has 2 N–H and O–H groups in total. The minimum atomic E-state index is -1.10. The zero-order chi connectivity index (χ0) is 11.4. The van der Waals surface area contributed by atoms with E-state index in [2.05, 4.69) is 0 Å². The van der Waals surface area contributed by atoms with E-state index in [0.29, 0.717) is 0 Å². The maximum atomic E-state index is 11.3.